The molecule has 0 spiro atoms. The Morgan fingerprint density at radius 2 is 2.11 bits per heavy atom. The van der Waals surface area contributed by atoms with Crippen LogP contribution in [0.2, 0.25) is 0 Å². The fourth-order valence-corrected chi connectivity index (χ4v) is 1.86. The number of urea groups is 1. The summed E-state index contributed by atoms with van der Waals surface area (Å²) in [5, 5.41) is 14.3. The summed E-state index contributed by atoms with van der Waals surface area (Å²) < 4.78 is 3.93. The summed E-state index contributed by atoms with van der Waals surface area (Å²) in [5.41, 5.74) is 0. The summed E-state index contributed by atoms with van der Waals surface area (Å²) in [6.07, 6.45) is -0.111. The Hall–Kier alpha value is -1.70. The van der Waals surface area contributed by atoms with Crippen molar-refractivity contribution in [2.75, 3.05) is 5.32 Å². The van der Waals surface area contributed by atoms with E-state index in [-0.39, 0.29) is 12.3 Å². The molecule has 1 heterocycles. The van der Waals surface area contributed by atoms with E-state index in [0.717, 1.165) is 11.5 Å². The van der Waals surface area contributed by atoms with E-state index in [1.165, 1.54) is 0 Å². The number of nitrogens with one attached hydrogen (secondary N) is 2. The van der Waals surface area contributed by atoms with Gasteiger partial charge in [0, 0.05) is 17.6 Å². The standard InChI is InChI=1S/C10H16N4O3S/c1-5(2)7(4-8(15)16)12-9(17)13-10-11-6(3)14-18-10/h5,7H,4H2,1-3H3,(H,15,16)(H2,11,12,13,14,17). The zero-order chi connectivity index (χ0) is 13.7. The molecule has 1 unspecified atom stereocenters. The quantitative estimate of drug-likeness (QED) is 0.753. The Morgan fingerprint density at radius 3 is 2.56 bits per heavy atom. The van der Waals surface area contributed by atoms with Crippen LogP contribution >= 0.6 is 11.5 Å². The molecular weight excluding hydrogens is 256 g/mol. The molecule has 0 aromatic carbocycles. The van der Waals surface area contributed by atoms with Crippen LogP contribution in [0.3, 0.4) is 0 Å². The molecule has 0 saturated carbocycles. The second kappa shape index (κ2) is 6.29. The van der Waals surface area contributed by atoms with Crippen LogP contribution < -0.4 is 10.6 Å². The minimum atomic E-state index is -0.944. The molecule has 0 aliphatic rings. The summed E-state index contributed by atoms with van der Waals surface area (Å²) >= 11 is 1.08. The molecule has 8 heteroatoms. The molecule has 1 aromatic heterocycles. The maximum Gasteiger partial charge on any atom is 0.321 e. The molecule has 0 aliphatic carbocycles. The maximum atomic E-state index is 11.6. The first-order valence-corrected chi connectivity index (χ1v) is 6.25. The number of carboxylic acid groups (broad SMARTS) is 1. The van der Waals surface area contributed by atoms with E-state index >= 15 is 0 Å². The number of hydrogen-bond acceptors (Lipinski definition) is 5. The molecule has 0 bridgehead atoms. The van der Waals surface area contributed by atoms with Gasteiger partial charge in [-0.05, 0) is 12.8 Å². The summed E-state index contributed by atoms with van der Waals surface area (Å²) in [6, 6.07) is -0.886. The third-order valence-corrected chi connectivity index (χ3v) is 2.99. The van der Waals surface area contributed by atoms with Crippen molar-refractivity contribution in [3.63, 3.8) is 0 Å². The molecule has 0 radical (unpaired) electrons. The van der Waals surface area contributed by atoms with E-state index in [0.29, 0.717) is 11.0 Å². The number of nitrogens with zero attached hydrogens (tertiary/aromatic N) is 2. The van der Waals surface area contributed by atoms with E-state index < -0.39 is 18.0 Å². The van der Waals surface area contributed by atoms with Crippen LogP contribution in [0.4, 0.5) is 9.93 Å². The monoisotopic (exact) mass is 272 g/mol. The molecular formula is C10H16N4O3S. The Bertz CT molecular complexity index is 433. The van der Waals surface area contributed by atoms with Gasteiger partial charge < -0.3 is 10.4 Å². The second-order valence-corrected chi connectivity index (χ2v) is 4.95. The van der Waals surface area contributed by atoms with Crippen LogP contribution in [-0.4, -0.2) is 32.5 Å². The van der Waals surface area contributed by atoms with Crippen molar-refractivity contribution in [3.8, 4) is 0 Å². The highest BCUT2D eigenvalue weighted by Crippen LogP contribution is 2.11. The van der Waals surface area contributed by atoms with Crippen molar-refractivity contribution in [2.45, 2.75) is 33.2 Å². The number of aryl methyl sites for hydroxylation is 1. The molecule has 1 atom stereocenters. The number of carboxylic acids is 1. The van der Waals surface area contributed by atoms with Crippen LogP contribution in [0.5, 0.6) is 0 Å². The van der Waals surface area contributed by atoms with E-state index in [1.54, 1.807) is 6.92 Å². The van der Waals surface area contributed by atoms with Crippen LogP contribution in [0.25, 0.3) is 0 Å². The van der Waals surface area contributed by atoms with Gasteiger partial charge in [0.05, 0.1) is 6.42 Å². The van der Waals surface area contributed by atoms with Gasteiger partial charge in [0.15, 0.2) is 0 Å². The average Bonchev–Trinajstić information content (AvgIpc) is 2.62. The van der Waals surface area contributed by atoms with Gasteiger partial charge in [-0.25, -0.2) is 9.78 Å². The zero-order valence-corrected chi connectivity index (χ0v) is 11.2. The Balaban J connectivity index is 2.53. The molecule has 1 rings (SSSR count). The third-order valence-electron chi connectivity index (χ3n) is 2.26. The Kier molecular flexibility index (Phi) is 5.02. The number of hydrogen-bond donors (Lipinski definition) is 3. The predicted molar refractivity (Wildman–Crippen MR) is 67.7 cm³/mol. The van der Waals surface area contributed by atoms with E-state index in [2.05, 4.69) is 20.0 Å². The lowest BCUT2D eigenvalue weighted by Gasteiger charge is -2.20. The minimum absolute atomic E-state index is 0.0306. The van der Waals surface area contributed by atoms with Crippen molar-refractivity contribution in [2.24, 2.45) is 5.92 Å². The van der Waals surface area contributed by atoms with Gasteiger partial charge in [-0.2, -0.15) is 4.37 Å². The van der Waals surface area contributed by atoms with Gasteiger partial charge in [-0.3, -0.25) is 10.1 Å². The molecule has 2 amide bonds. The maximum absolute atomic E-state index is 11.6. The summed E-state index contributed by atoms with van der Waals surface area (Å²) in [7, 11) is 0. The minimum Gasteiger partial charge on any atom is -0.481 e. The first-order chi connectivity index (χ1) is 8.38. The molecule has 0 saturated heterocycles. The Morgan fingerprint density at radius 1 is 1.44 bits per heavy atom. The SMILES string of the molecule is Cc1nsc(NC(=O)NC(CC(=O)O)C(C)C)n1. The zero-order valence-electron chi connectivity index (χ0n) is 10.4. The lowest BCUT2D eigenvalue weighted by atomic mass is 10.0. The molecule has 1 aromatic rings. The van der Waals surface area contributed by atoms with Gasteiger partial charge in [0.25, 0.3) is 0 Å². The smallest absolute Gasteiger partial charge is 0.321 e. The second-order valence-electron chi connectivity index (χ2n) is 4.19. The van der Waals surface area contributed by atoms with Crippen molar-refractivity contribution in [3.05, 3.63) is 5.82 Å². The number of carbonyl (C=O) groups is 2. The number of aromatic nitrogens is 2. The highest BCUT2D eigenvalue weighted by atomic mass is 32.1. The highest BCUT2D eigenvalue weighted by Gasteiger charge is 2.19. The summed E-state index contributed by atoms with van der Waals surface area (Å²) in [6.45, 7) is 5.42. The number of aliphatic carboxylic acids is 1. The molecule has 18 heavy (non-hydrogen) atoms. The predicted octanol–water partition coefficient (Wildman–Crippen LogP) is 1.47. The van der Waals surface area contributed by atoms with Crippen LogP contribution in [0, 0.1) is 12.8 Å². The van der Waals surface area contributed by atoms with Gasteiger partial charge in [-0.15, -0.1) is 0 Å². The first-order valence-electron chi connectivity index (χ1n) is 5.48. The highest BCUT2D eigenvalue weighted by molar-refractivity contribution is 7.09. The summed E-state index contributed by atoms with van der Waals surface area (Å²) in [5.74, 6) is -0.329. The normalized spacial score (nSPS) is 12.2. The number of carbonyl (C=O) groups excluding carboxylic acids is 1. The topological polar surface area (TPSA) is 104 Å². The van der Waals surface area contributed by atoms with Gasteiger partial charge in [0.2, 0.25) is 5.13 Å². The van der Waals surface area contributed by atoms with Gasteiger partial charge >= 0.3 is 12.0 Å². The average molecular weight is 272 g/mol. The van der Waals surface area contributed by atoms with E-state index in [9.17, 15) is 9.59 Å². The van der Waals surface area contributed by atoms with Gasteiger partial charge in [-0.1, -0.05) is 13.8 Å². The molecule has 7 nitrogen and oxygen atoms in total. The molecule has 0 fully saturated rings. The van der Waals surface area contributed by atoms with Crippen LogP contribution in [-0.2, 0) is 4.79 Å². The Labute approximate surface area is 109 Å². The van der Waals surface area contributed by atoms with E-state index in [1.807, 2.05) is 13.8 Å². The summed E-state index contributed by atoms with van der Waals surface area (Å²) in [4.78, 5) is 26.3. The number of rotatable bonds is 5. The van der Waals surface area contributed by atoms with Gasteiger partial charge in [0.1, 0.15) is 5.82 Å². The molecule has 3 N–H and O–H groups in total. The van der Waals surface area contributed by atoms with Crippen molar-refractivity contribution >= 4 is 28.7 Å². The van der Waals surface area contributed by atoms with Crippen molar-refractivity contribution < 1.29 is 14.7 Å². The molecule has 0 aliphatic heterocycles. The van der Waals surface area contributed by atoms with Crippen LogP contribution in [0.1, 0.15) is 26.1 Å². The fraction of sp³-hybridized carbons (Fsp3) is 0.600. The molecule has 100 valence electrons. The lowest BCUT2D eigenvalue weighted by molar-refractivity contribution is -0.137. The van der Waals surface area contributed by atoms with Crippen molar-refractivity contribution in [1.29, 1.82) is 0 Å². The van der Waals surface area contributed by atoms with Crippen molar-refractivity contribution in [1.82, 2.24) is 14.7 Å². The third kappa shape index (κ3) is 4.66. The number of anilines is 1. The largest absolute Gasteiger partial charge is 0.481 e. The van der Waals surface area contributed by atoms with Crippen LogP contribution in [0.15, 0.2) is 0 Å². The number of amides is 2. The van der Waals surface area contributed by atoms with E-state index in [4.69, 9.17) is 5.11 Å². The fourth-order valence-electron chi connectivity index (χ4n) is 1.29. The first kappa shape index (κ1) is 14.4. The lowest BCUT2D eigenvalue weighted by Crippen LogP contribution is -2.42.